The third-order valence-corrected chi connectivity index (χ3v) is 3.74. The number of thioether (sulfide) groups is 1. The lowest BCUT2D eigenvalue weighted by molar-refractivity contribution is -0.120. The molecule has 0 fully saturated rings. The molecule has 14 heavy (non-hydrogen) atoms. The average molecular weight is 218 g/mol. The third-order valence-electron chi connectivity index (χ3n) is 2.39. The molecule has 0 aromatic heterocycles. The molecule has 2 nitrogen and oxygen atoms in total. The van der Waals surface area contributed by atoms with Gasteiger partial charge in [-0.15, -0.1) is 0 Å². The molecule has 0 aliphatic carbocycles. The number of hydrogen-bond donors (Lipinski definition) is 0. The Morgan fingerprint density at radius 1 is 1.43 bits per heavy atom. The minimum absolute atomic E-state index is 0.145. The van der Waals surface area contributed by atoms with Gasteiger partial charge in [0, 0.05) is 24.9 Å². The first kappa shape index (κ1) is 14.0. The molecule has 0 N–H and O–H groups in total. The number of carbonyl (C=O) groups excluding carboxylic acids is 1. The lowest BCUT2D eigenvalue weighted by atomic mass is 10.1. The van der Waals surface area contributed by atoms with E-state index in [4.69, 9.17) is 4.74 Å². The maximum atomic E-state index is 11.6. The Morgan fingerprint density at radius 2 is 2.07 bits per heavy atom. The van der Waals surface area contributed by atoms with Crippen molar-refractivity contribution in [2.24, 2.45) is 5.92 Å². The van der Waals surface area contributed by atoms with Gasteiger partial charge in [-0.25, -0.2) is 0 Å². The van der Waals surface area contributed by atoms with Crippen LogP contribution in [-0.2, 0) is 9.53 Å². The van der Waals surface area contributed by atoms with Crippen molar-refractivity contribution in [2.45, 2.75) is 38.9 Å². The fourth-order valence-corrected chi connectivity index (χ4v) is 1.91. The molecule has 0 amide bonds. The van der Waals surface area contributed by atoms with Crippen LogP contribution in [0.1, 0.15) is 33.6 Å². The van der Waals surface area contributed by atoms with Crippen molar-refractivity contribution in [3.05, 3.63) is 0 Å². The number of ketones is 1. The molecule has 0 rings (SSSR count). The zero-order valence-electron chi connectivity index (χ0n) is 9.71. The number of hydrogen-bond acceptors (Lipinski definition) is 3. The minimum Gasteiger partial charge on any atom is -0.385 e. The highest BCUT2D eigenvalue weighted by Gasteiger charge is 2.13. The first-order valence-corrected chi connectivity index (χ1v) is 6.29. The van der Waals surface area contributed by atoms with Gasteiger partial charge in [0.25, 0.3) is 0 Å². The molecule has 0 aromatic rings. The van der Waals surface area contributed by atoms with Crippen molar-refractivity contribution in [3.8, 4) is 0 Å². The first-order valence-electron chi connectivity index (χ1n) is 5.25. The molecule has 3 heteroatoms. The zero-order valence-corrected chi connectivity index (χ0v) is 10.5. The average Bonchev–Trinajstić information content (AvgIpc) is 2.21. The molecule has 0 spiro atoms. The van der Waals surface area contributed by atoms with Gasteiger partial charge < -0.3 is 4.74 Å². The summed E-state index contributed by atoms with van der Waals surface area (Å²) in [7, 11) is 1.67. The summed E-state index contributed by atoms with van der Waals surface area (Å²) in [6.07, 6.45) is 1.97. The van der Waals surface area contributed by atoms with E-state index in [0.29, 0.717) is 23.4 Å². The Hall–Kier alpha value is -0.0200. The van der Waals surface area contributed by atoms with E-state index in [1.165, 1.54) is 0 Å². The molecule has 0 radical (unpaired) electrons. The number of ether oxygens (including phenoxy) is 1. The second kappa shape index (κ2) is 8.30. The van der Waals surface area contributed by atoms with Gasteiger partial charge in [-0.2, -0.15) is 11.8 Å². The summed E-state index contributed by atoms with van der Waals surface area (Å²) in [5.74, 6) is 1.15. The summed E-state index contributed by atoms with van der Waals surface area (Å²) in [6, 6.07) is 0. The predicted octanol–water partition coefficient (Wildman–Crippen LogP) is 2.76. The molecule has 0 aliphatic heterocycles. The van der Waals surface area contributed by atoms with E-state index in [-0.39, 0.29) is 5.92 Å². The molecule has 0 aromatic carbocycles. The standard InChI is InChI=1S/C11H22O2S/c1-5-10(3)14-8-11(12)9(2)6-7-13-4/h9-10H,5-8H2,1-4H3. The SMILES string of the molecule is CCC(C)SCC(=O)C(C)CCOC. The number of carbonyl (C=O) groups is 1. The second-order valence-electron chi connectivity index (χ2n) is 3.68. The Morgan fingerprint density at radius 3 is 2.57 bits per heavy atom. The van der Waals surface area contributed by atoms with E-state index in [0.717, 1.165) is 12.8 Å². The molecule has 0 aliphatic rings. The maximum Gasteiger partial charge on any atom is 0.145 e. The van der Waals surface area contributed by atoms with Crippen molar-refractivity contribution in [1.29, 1.82) is 0 Å². The predicted molar refractivity (Wildman–Crippen MR) is 62.9 cm³/mol. The van der Waals surface area contributed by atoms with Crippen LogP contribution in [0.5, 0.6) is 0 Å². The summed E-state index contributed by atoms with van der Waals surface area (Å²) in [5.41, 5.74) is 0. The van der Waals surface area contributed by atoms with Crippen LogP contribution in [0.15, 0.2) is 0 Å². The molecule has 84 valence electrons. The Bertz CT molecular complexity index is 159. The van der Waals surface area contributed by atoms with Crippen LogP contribution in [0.25, 0.3) is 0 Å². The smallest absolute Gasteiger partial charge is 0.145 e. The van der Waals surface area contributed by atoms with Crippen LogP contribution in [0.3, 0.4) is 0 Å². The Labute approximate surface area is 91.8 Å². The van der Waals surface area contributed by atoms with Crippen LogP contribution in [0.2, 0.25) is 0 Å². The maximum absolute atomic E-state index is 11.6. The van der Waals surface area contributed by atoms with E-state index in [9.17, 15) is 4.79 Å². The lowest BCUT2D eigenvalue weighted by Crippen LogP contribution is -2.16. The molecule has 2 unspecified atom stereocenters. The quantitative estimate of drug-likeness (QED) is 0.626. The summed E-state index contributed by atoms with van der Waals surface area (Å²) in [4.78, 5) is 11.6. The van der Waals surface area contributed by atoms with E-state index in [2.05, 4.69) is 13.8 Å². The van der Waals surface area contributed by atoms with Gasteiger partial charge in [0.1, 0.15) is 5.78 Å². The highest BCUT2D eigenvalue weighted by molar-refractivity contribution is 8.00. The molecular weight excluding hydrogens is 196 g/mol. The van der Waals surface area contributed by atoms with Crippen LogP contribution < -0.4 is 0 Å². The normalized spacial score (nSPS) is 15.1. The summed E-state index contributed by atoms with van der Waals surface area (Å²) < 4.78 is 4.95. The van der Waals surface area contributed by atoms with Crippen LogP contribution in [-0.4, -0.2) is 30.5 Å². The van der Waals surface area contributed by atoms with Crippen molar-refractivity contribution in [3.63, 3.8) is 0 Å². The first-order chi connectivity index (χ1) is 6.61. The summed E-state index contributed by atoms with van der Waals surface area (Å²) in [6.45, 7) is 6.98. The molecule has 0 bridgehead atoms. The third kappa shape index (κ3) is 6.44. The second-order valence-corrected chi connectivity index (χ2v) is 5.11. The van der Waals surface area contributed by atoms with Gasteiger partial charge in [-0.05, 0) is 12.8 Å². The molecule has 0 saturated carbocycles. The van der Waals surface area contributed by atoms with E-state index >= 15 is 0 Å². The van der Waals surface area contributed by atoms with E-state index in [1.54, 1.807) is 18.9 Å². The fourth-order valence-electron chi connectivity index (χ4n) is 0.940. The summed E-state index contributed by atoms with van der Waals surface area (Å²) >= 11 is 1.76. The lowest BCUT2D eigenvalue weighted by Gasteiger charge is -2.11. The molecule has 0 heterocycles. The van der Waals surface area contributed by atoms with E-state index in [1.807, 2.05) is 6.92 Å². The Kier molecular flexibility index (Phi) is 8.29. The van der Waals surface area contributed by atoms with Crippen molar-refractivity contribution >= 4 is 17.5 Å². The van der Waals surface area contributed by atoms with Crippen molar-refractivity contribution < 1.29 is 9.53 Å². The molecule has 2 atom stereocenters. The van der Waals surface area contributed by atoms with Gasteiger partial charge in [-0.1, -0.05) is 20.8 Å². The van der Waals surface area contributed by atoms with Crippen LogP contribution in [0.4, 0.5) is 0 Å². The monoisotopic (exact) mass is 218 g/mol. The number of Topliss-reactive ketones (excluding diaryl/α,β-unsaturated/α-hetero) is 1. The van der Waals surface area contributed by atoms with E-state index < -0.39 is 0 Å². The van der Waals surface area contributed by atoms with Crippen LogP contribution >= 0.6 is 11.8 Å². The zero-order chi connectivity index (χ0) is 11.0. The topological polar surface area (TPSA) is 26.3 Å². The van der Waals surface area contributed by atoms with Crippen LogP contribution in [0, 0.1) is 5.92 Å². The molecular formula is C11H22O2S. The van der Waals surface area contributed by atoms with Crippen molar-refractivity contribution in [2.75, 3.05) is 19.5 Å². The molecule has 0 saturated heterocycles. The highest BCUT2D eigenvalue weighted by Crippen LogP contribution is 2.16. The van der Waals surface area contributed by atoms with Gasteiger partial charge in [0.15, 0.2) is 0 Å². The van der Waals surface area contributed by atoms with Gasteiger partial charge in [0.2, 0.25) is 0 Å². The fraction of sp³-hybridized carbons (Fsp3) is 0.909. The highest BCUT2D eigenvalue weighted by atomic mass is 32.2. The summed E-state index contributed by atoms with van der Waals surface area (Å²) in [5, 5.41) is 0.591. The largest absolute Gasteiger partial charge is 0.385 e. The number of rotatable bonds is 8. The van der Waals surface area contributed by atoms with Gasteiger partial charge in [-0.3, -0.25) is 4.79 Å². The van der Waals surface area contributed by atoms with Gasteiger partial charge >= 0.3 is 0 Å². The Balaban J connectivity index is 3.61. The number of methoxy groups -OCH3 is 1. The van der Waals surface area contributed by atoms with Gasteiger partial charge in [0.05, 0.1) is 5.75 Å². The van der Waals surface area contributed by atoms with Crippen molar-refractivity contribution in [1.82, 2.24) is 0 Å². The minimum atomic E-state index is 0.145.